The number of carbonyl (C=O) groups is 1. The van der Waals surface area contributed by atoms with Gasteiger partial charge in [-0.25, -0.2) is 14.8 Å². The third-order valence-electron chi connectivity index (χ3n) is 5.62. The number of rotatable bonds is 5. The summed E-state index contributed by atoms with van der Waals surface area (Å²) in [4.78, 5) is 40.0. The molecule has 0 atom stereocenters. The standard InChI is InChI=1S/C23H27N5O3/c1-4-28-21-17(15-24-20(25-21)16-9-7-6-8-10-16)19(27-13-11-26(3)12-14-27)18(22(28)29)23(30)31-5-2/h6-10,15H,4-5,11-14H2,1-3H3. The van der Waals surface area contributed by atoms with Gasteiger partial charge in [-0.05, 0) is 20.9 Å². The molecule has 0 N–H and O–H groups in total. The SMILES string of the molecule is CCOC(=O)c1c(N2CCN(C)CC2)c2cnc(-c3ccccc3)nc2n(CC)c1=O. The summed E-state index contributed by atoms with van der Waals surface area (Å²) in [6.45, 7) is 7.27. The average Bonchev–Trinajstić information content (AvgIpc) is 2.79. The molecule has 0 amide bonds. The van der Waals surface area contributed by atoms with E-state index in [0.717, 1.165) is 18.7 Å². The fourth-order valence-electron chi connectivity index (χ4n) is 3.98. The molecule has 0 spiro atoms. The molecule has 1 saturated heterocycles. The van der Waals surface area contributed by atoms with Gasteiger partial charge in [-0.15, -0.1) is 0 Å². The number of fused-ring (bicyclic) bond motifs is 1. The molecule has 8 nitrogen and oxygen atoms in total. The van der Waals surface area contributed by atoms with Crippen LogP contribution in [-0.4, -0.2) is 65.2 Å². The van der Waals surface area contributed by atoms with Crippen molar-refractivity contribution in [1.82, 2.24) is 19.4 Å². The van der Waals surface area contributed by atoms with E-state index in [2.05, 4.69) is 21.8 Å². The van der Waals surface area contributed by atoms with Gasteiger partial charge >= 0.3 is 5.97 Å². The minimum absolute atomic E-state index is 0.0665. The molecule has 162 valence electrons. The topological polar surface area (TPSA) is 80.6 Å². The summed E-state index contributed by atoms with van der Waals surface area (Å²) in [5.74, 6) is -0.0550. The summed E-state index contributed by atoms with van der Waals surface area (Å²) in [5.41, 5.74) is 1.67. The minimum Gasteiger partial charge on any atom is -0.462 e. The molecule has 0 unspecified atom stereocenters. The fourth-order valence-corrected chi connectivity index (χ4v) is 3.98. The van der Waals surface area contributed by atoms with Crippen LogP contribution in [0.5, 0.6) is 0 Å². The molecule has 3 aromatic rings. The predicted molar refractivity (Wildman–Crippen MR) is 121 cm³/mol. The van der Waals surface area contributed by atoms with E-state index in [1.54, 1.807) is 13.1 Å². The largest absolute Gasteiger partial charge is 0.462 e. The third-order valence-corrected chi connectivity index (χ3v) is 5.62. The Morgan fingerprint density at radius 2 is 1.81 bits per heavy atom. The Labute approximate surface area is 181 Å². The van der Waals surface area contributed by atoms with Gasteiger partial charge in [0.1, 0.15) is 11.2 Å². The van der Waals surface area contributed by atoms with Crippen molar-refractivity contribution < 1.29 is 9.53 Å². The molecule has 1 aliphatic heterocycles. The van der Waals surface area contributed by atoms with E-state index >= 15 is 0 Å². The van der Waals surface area contributed by atoms with Crippen molar-refractivity contribution in [3.05, 3.63) is 52.4 Å². The number of piperazine rings is 1. The van der Waals surface area contributed by atoms with Gasteiger partial charge < -0.3 is 14.5 Å². The van der Waals surface area contributed by atoms with Crippen LogP contribution in [0.4, 0.5) is 5.69 Å². The molecular weight excluding hydrogens is 394 g/mol. The van der Waals surface area contributed by atoms with Crippen molar-refractivity contribution in [2.24, 2.45) is 0 Å². The van der Waals surface area contributed by atoms with Crippen molar-refractivity contribution in [2.75, 3.05) is 44.7 Å². The number of benzene rings is 1. The molecule has 0 saturated carbocycles. The van der Waals surface area contributed by atoms with Crippen LogP contribution in [0.2, 0.25) is 0 Å². The zero-order valence-electron chi connectivity index (χ0n) is 18.2. The maximum Gasteiger partial charge on any atom is 0.345 e. The molecule has 0 radical (unpaired) electrons. The molecule has 1 aliphatic rings. The van der Waals surface area contributed by atoms with Gasteiger partial charge in [0, 0.05) is 44.5 Å². The van der Waals surface area contributed by atoms with Crippen molar-refractivity contribution in [3.8, 4) is 11.4 Å². The van der Waals surface area contributed by atoms with Gasteiger partial charge in [0.15, 0.2) is 5.82 Å². The molecule has 0 bridgehead atoms. The lowest BCUT2D eigenvalue weighted by Gasteiger charge is -2.35. The van der Waals surface area contributed by atoms with E-state index in [0.29, 0.717) is 42.2 Å². The molecule has 4 rings (SSSR count). The van der Waals surface area contributed by atoms with Gasteiger partial charge in [0.2, 0.25) is 0 Å². The molecule has 31 heavy (non-hydrogen) atoms. The molecule has 1 fully saturated rings. The van der Waals surface area contributed by atoms with Crippen molar-refractivity contribution >= 4 is 22.7 Å². The first-order valence-corrected chi connectivity index (χ1v) is 10.6. The van der Waals surface area contributed by atoms with Crippen molar-refractivity contribution in [3.63, 3.8) is 0 Å². The van der Waals surface area contributed by atoms with Crippen LogP contribution in [0.25, 0.3) is 22.4 Å². The first-order chi connectivity index (χ1) is 15.0. The third kappa shape index (κ3) is 3.90. The zero-order valence-corrected chi connectivity index (χ0v) is 18.2. The van der Waals surface area contributed by atoms with Gasteiger partial charge in [-0.2, -0.15) is 0 Å². The summed E-state index contributed by atoms with van der Waals surface area (Å²) in [6, 6.07) is 9.65. The van der Waals surface area contributed by atoms with E-state index in [4.69, 9.17) is 9.72 Å². The number of likely N-dealkylation sites (N-methyl/N-ethyl adjacent to an activating group) is 1. The zero-order chi connectivity index (χ0) is 22.0. The Morgan fingerprint density at radius 1 is 1.10 bits per heavy atom. The number of carbonyl (C=O) groups excluding carboxylic acids is 1. The predicted octanol–water partition coefficient (Wildman–Crippen LogP) is 2.41. The first-order valence-electron chi connectivity index (χ1n) is 10.6. The minimum atomic E-state index is -0.599. The molecular formula is C23H27N5O3. The van der Waals surface area contributed by atoms with E-state index in [-0.39, 0.29) is 17.7 Å². The van der Waals surface area contributed by atoms with Crippen LogP contribution in [0, 0.1) is 0 Å². The summed E-state index contributed by atoms with van der Waals surface area (Å²) < 4.78 is 6.81. The second kappa shape index (κ2) is 8.85. The summed E-state index contributed by atoms with van der Waals surface area (Å²) in [5, 5.41) is 0.689. The Bertz CT molecular complexity index is 1150. The Balaban J connectivity index is 1.99. The normalized spacial score (nSPS) is 14.7. The monoisotopic (exact) mass is 421 g/mol. The number of anilines is 1. The second-order valence-electron chi connectivity index (χ2n) is 7.58. The van der Waals surface area contributed by atoms with Gasteiger partial charge in [-0.1, -0.05) is 30.3 Å². The van der Waals surface area contributed by atoms with Gasteiger partial charge in [-0.3, -0.25) is 9.36 Å². The van der Waals surface area contributed by atoms with Crippen LogP contribution in [0.3, 0.4) is 0 Å². The molecule has 3 heterocycles. The molecule has 0 aliphatic carbocycles. The maximum absolute atomic E-state index is 13.5. The number of hydrogen-bond acceptors (Lipinski definition) is 7. The highest BCUT2D eigenvalue weighted by Crippen LogP contribution is 2.30. The highest BCUT2D eigenvalue weighted by molar-refractivity contribution is 6.04. The number of nitrogens with zero attached hydrogens (tertiary/aromatic N) is 5. The number of hydrogen-bond donors (Lipinski definition) is 0. The van der Waals surface area contributed by atoms with Crippen LogP contribution >= 0.6 is 0 Å². The lowest BCUT2D eigenvalue weighted by atomic mass is 10.1. The highest BCUT2D eigenvalue weighted by Gasteiger charge is 2.29. The number of pyridine rings is 1. The number of aryl methyl sites for hydroxylation is 1. The first kappa shape index (κ1) is 21.0. The number of ether oxygens (including phenoxy) is 1. The highest BCUT2D eigenvalue weighted by atomic mass is 16.5. The average molecular weight is 422 g/mol. The Hall–Kier alpha value is -3.26. The van der Waals surface area contributed by atoms with Crippen LogP contribution in [0.15, 0.2) is 41.3 Å². The quantitative estimate of drug-likeness (QED) is 0.585. The maximum atomic E-state index is 13.5. The smallest absolute Gasteiger partial charge is 0.345 e. The number of esters is 1. The fraction of sp³-hybridized carbons (Fsp3) is 0.391. The molecule has 1 aromatic carbocycles. The van der Waals surface area contributed by atoms with Crippen LogP contribution < -0.4 is 10.5 Å². The number of aromatic nitrogens is 3. The van der Waals surface area contributed by atoms with E-state index in [1.807, 2.05) is 37.3 Å². The summed E-state index contributed by atoms with van der Waals surface area (Å²) >= 11 is 0. The van der Waals surface area contributed by atoms with Crippen molar-refractivity contribution in [2.45, 2.75) is 20.4 Å². The second-order valence-corrected chi connectivity index (χ2v) is 7.58. The van der Waals surface area contributed by atoms with E-state index in [9.17, 15) is 9.59 Å². The lowest BCUT2D eigenvalue weighted by molar-refractivity contribution is 0.0524. The van der Waals surface area contributed by atoms with Crippen LogP contribution in [-0.2, 0) is 11.3 Å². The van der Waals surface area contributed by atoms with Crippen molar-refractivity contribution in [1.29, 1.82) is 0 Å². The van der Waals surface area contributed by atoms with Gasteiger partial charge in [0.05, 0.1) is 17.7 Å². The summed E-state index contributed by atoms with van der Waals surface area (Å²) in [7, 11) is 2.06. The lowest BCUT2D eigenvalue weighted by Crippen LogP contribution is -2.46. The summed E-state index contributed by atoms with van der Waals surface area (Å²) in [6.07, 6.45) is 1.73. The van der Waals surface area contributed by atoms with E-state index < -0.39 is 5.97 Å². The van der Waals surface area contributed by atoms with Gasteiger partial charge in [0.25, 0.3) is 5.56 Å². The Morgan fingerprint density at radius 3 is 2.45 bits per heavy atom. The molecule has 8 heteroatoms. The Kier molecular flexibility index (Phi) is 5.99. The van der Waals surface area contributed by atoms with E-state index in [1.165, 1.54) is 4.57 Å². The van der Waals surface area contributed by atoms with Crippen LogP contribution in [0.1, 0.15) is 24.2 Å². The molecule has 2 aromatic heterocycles.